The Bertz CT molecular complexity index is 482. The topological polar surface area (TPSA) is 64.8 Å². The Labute approximate surface area is 126 Å². The van der Waals surface area contributed by atoms with E-state index >= 15 is 0 Å². The number of amides is 1. The third-order valence-corrected chi connectivity index (χ3v) is 3.54. The molecule has 116 valence electrons. The normalized spacial score (nSPS) is 16.6. The van der Waals surface area contributed by atoms with Crippen molar-refractivity contribution in [2.45, 2.75) is 26.3 Å². The molecular weight excluding hydrogens is 268 g/mol. The van der Waals surface area contributed by atoms with Crippen LogP contribution in [0.3, 0.4) is 0 Å². The molecule has 0 bridgehead atoms. The monoisotopic (exact) mass is 292 g/mol. The average Bonchev–Trinajstić information content (AvgIpc) is 2.46. The molecule has 0 spiro atoms. The van der Waals surface area contributed by atoms with Crippen LogP contribution >= 0.6 is 0 Å². The fourth-order valence-electron chi connectivity index (χ4n) is 2.47. The molecule has 2 rings (SSSR count). The van der Waals surface area contributed by atoms with Gasteiger partial charge in [0.2, 0.25) is 0 Å². The maximum Gasteiger partial charge on any atom is 0.260 e. The molecule has 0 radical (unpaired) electrons. The van der Waals surface area contributed by atoms with Crippen molar-refractivity contribution in [1.82, 2.24) is 4.90 Å². The van der Waals surface area contributed by atoms with Crippen LogP contribution in [0.25, 0.3) is 0 Å². The van der Waals surface area contributed by atoms with Crippen LogP contribution in [0.15, 0.2) is 18.2 Å². The third kappa shape index (κ3) is 4.44. The van der Waals surface area contributed by atoms with Crippen molar-refractivity contribution in [2.24, 2.45) is 5.73 Å². The molecule has 21 heavy (non-hydrogen) atoms. The number of hydrogen-bond acceptors (Lipinski definition) is 4. The predicted octanol–water partition coefficient (Wildman–Crippen LogP) is 1.12. The average molecular weight is 292 g/mol. The van der Waals surface area contributed by atoms with E-state index in [-0.39, 0.29) is 18.6 Å². The molecule has 0 aromatic heterocycles. The lowest BCUT2D eigenvalue weighted by Gasteiger charge is -2.27. The first kappa shape index (κ1) is 15.8. The summed E-state index contributed by atoms with van der Waals surface area (Å²) in [4.78, 5) is 13.9. The lowest BCUT2D eigenvalue weighted by atomic mass is 10.0. The molecule has 1 aromatic rings. The first-order valence-electron chi connectivity index (χ1n) is 7.40. The van der Waals surface area contributed by atoms with Gasteiger partial charge >= 0.3 is 0 Å². The van der Waals surface area contributed by atoms with Crippen LogP contribution in [0.2, 0.25) is 0 Å². The van der Waals surface area contributed by atoms with Crippen molar-refractivity contribution in [3.05, 3.63) is 29.3 Å². The van der Waals surface area contributed by atoms with Crippen molar-refractivity contribution < 1.29 is 14.3 Å². The minimum Gasteiger partial charge on any atom is -0.483 e. The molecule has 5 nitrogen and oxygen atoms in total. The minimum atomic E-state index is 0.00769. The highest BCUT2D eigenvalue weighted by Gasteiger charge is 2.18. The molecule has 0 aliphatic carbocycles. The lowest BCUT2D eigenvalue weighted by molar-refractivity contribution is -0.137. The summed E-state index contributed by atoms with van der Waals surface area (Å²) < 4.78 is 11.0. The van der Waals surface area contributed by atoms with Gasteiger partial charge in [0.1, 0.15) is 5.75 Å². The molecule has 1 aliphatic rings. The maximum atomic E-state index is 12.1. The first-order valence-corrected chi connectivity index (χ1v) is 7.40. The first-order chi connectivity index (χ1) is 10.1. The van der Waals surface area contributed by atoms with E-state index in [9.17, 15) is 4.79 Å². The number of ether oxygens (including phenoxy) is 2. The van der Waals surface area contributed by atoms with E-state index in [1.54, 1.807) is 4.90 Å². The summed E-state index contributed by atoms with van der Waals surface area (Å²) in [7, 11) is 0. The van der Waals surface area contributed by atoms with Crippen molar-refractivity contribution >= 4 is 5.91 Å². The van der Waals surface area contributed by atoms with Gasteiger partial charge in [-0.25, -0.2) is 0 Å². The summed E-state index contributed by atoms with van der Waals surface area (Å²) in [6.45, 7) is 6.50. The van der Waals surface area contributed by atoms with E-state index in [0.29, 0.717) is 26.3 Å². The smallest absolute Gasteiger partial charge is 0.260 e. The van der Waals surface area contributed by atoms with Crippen molar-refractivity contribution in [3.63, 3.8) is 0 Å². The summed E-state index contributed by atoms with van der Waals surface area (Å²) in [5.41, 5.74) is 7.96. The molecule has 1 unspecified atom stereocenters. The number of nitrogens with zero attached hydrogens (tertiary/aromatic N) is 1. The second-order valence-corrected chi connectivity index (χ2v) is 5.53. The number of aryl methyl sites for hydroxylation is 1. The van der Waals surface area contributed by atoms with Gasteiger partial charge in [-0.15, -0.1) is 0 Å². The van der Waals surface area contributed by atoms with Crippen LogP contribution < -0.4 is 10.5 Å². The second kappa shape index (κ2) is 7.43. The summed E-state index contributed by atoms with van der Waals surface area (Å²) >= 11 is 0. The van der Waals surface area contributed by atoms with Gasteiger partial charge < -0.3 is 20.1 Å². The van der Waals surface area contributed by atoms with Crippen molar-refractivity contribution in [1.29, 1.82) is 0 Å². The molecule has 1 aliphatic heterocycles. The van der Waals surface area contributed by atoms with Crippen LogP contribution in [0, 0.1) is 6.92 Å². The number of carbonyl (C=O) groups excluding carboxylic acids is 1. The molecule has 1 heterocycles. The maximum absolute atomic E-state index is 12.1. The minimum absolute atomic E-state index is 0.00769. The Hall–Kier alpha value is -1.59. The highest BCUT2D eigenvalue weighted by Crippen LogP contribution is 2.24. The number of morpholine rings is 1. The lowest BCUT2D eigenvalue weighted by Crippen LogP contribution is -2.43. The van der Waals surface area contributed by atoms with Gasteiger partial charge in [0.15, 0.2) is 6.61 Å². The predicted molar refractivity (Wildman–Crippen MR) is 81.4 cm³/mol. The van der Waals surface area contributed by atoms with Crippen LogP contribution in [0.5, 0.6) is 5.75 Å². The van der Waals surface area contributed by atoms with E-state index in [1.165, 1.54) is 0 Å². The summed E-state index contributed by atoms with van der Waals surface area (Å²) in [5.74, 6) is 0.796. The number of carbonyl (C=O) groups is 1. The zero-order valence-electron chi connectivity index (χ0n) is 12.8. The van der Waals surface area contributed by atoms with Crippen molar-refractivity contribution in [3.8, 4) is 5.75 Å². The van der Waals surface area contributed by atoms with Crippen LogP contribution in [0.4, 0.5) is 0 Å². The standard InChI is InChI=1S/C16H24N2O3/c1-12-4-3-5-14(10-13(2)17)16(12)21-11-15(19)18-6-8-20-9-7-18/h3-5,13H,6-11,17H2,1-2H3. The Balaban J connectivity index is 2.00. The van der Waals surface area contributed by atoms with Gasteiger partial charge in [0, 0.05) is 19.1 Å². The fourth-order valence-corrected chi connectivity index (χ4v) is 2.47. The zero-order chi connectivity index (χ0) is 15.2. The van der Waals surface area contributed by atoms with Gasteiger partial charge in [-0.1, -0.05) is 18.2 Å². The van der Waals surface area contributed by atoms with E-state index in [2.05, 4.69) is 0 Å². The Morgan fingerprint density at radius 3 is 2.81 bits per heavy atom. The molecule has 1 fully saturated rings. The summed E-state index contributed by atoms with van der Waals surface area (Å²) in [6, 6.07) is 6.04. The molecule has 1 amide bonds. The number of para-hydroxylation sites is 1. The van der Waals surface area contributed by atoms with E-state index in [0.717, 1.165) is 23.3 Å². The second-order valence-electron chi connectivity index (χ2n) is 5.53. The molecule has 2 N–H and O–H groups in total. The number of rotatable bonds is 5. The van der Waals surface area contributed by atoms with Crippen molar-refractivity contribution in [2.75, 3.05) is 32.9 Å². The SMILES string of the molecule is Cc1cccc(CC(C)N)c1OCC(=O)N1CCOCC1. The molecule has 1 aromatic carbocycles. The van der Waals surface area contributed by atoms with Crippen LogP contribution in [-0.2, 0) is 16.0 Å². The largest absolute Gasteiger partial charge is 0.483 e. The molecule has 5 heteroatoms. The Morgan fingerprint density at radius 1 is 1.43 bits per heavy atom. The number of hydrogen-bond donors (Lipinski definition) is 1. The molecule has 1 saturated heterocycles. The summed E-state index contributed by atoms with van der Waals surface area (Å²) in [6.07, 6.45) is 0.739. The van der Waals surface area contributed by atoms with Gasteiger partial charge in [-0.2, -0.15) is 0 Å². The highest BCUT2D eigenvalue weighted by atomic mass is 16.5. The number of nitrogens with two attached hydrogens (primary N) is 1. The number of benzene rings is 1. The van der Waals surface area contributed by atoms with Gasteiger partial charge in [-0.05, 0) is 31.4 Å². The Morgan fingerprint density at radius 2 is 2.14 bits per heavy atom. The van der Waals surface area contributed by atoms with Gasteiger partial charge in [0.25, 0.3) is 5.91 Å². The zero-order valence-corrected chi connectivity index (χ0v) is 12.8. The summed E-state index contributed by atoms with van der Waals surface area (Å²) in [5, 5.41) is 0. The third-order valence-electron chi connectivity index (χ3n) is 3.54. The molecular formula is C16H24N2O3. The van der Waals surface area contributed by atoms with E-state index in [1.807, 2.05) is 32.0 Å². The molecule has 0 saturated carbocycles. The van der Waals surface area contributed by atoms with Gasteiger partial charge in [0.05, 0.1) is 13.2 Å². The van der Waals surface area contributed by atoms with Crippen LogP contribution in [0.1, 0.15) is 18.1 Å². The van der Waals surface area contributed by atoms with Gasteiger partial charge in [-0.3, -0.25) is 4.79 Å². The molecule has 1 atom stereocenters. The van der Waals surface area contributed by atoms with Crippen LogP contribution in [-0.4, -0.2) is 49.8 Å². The highest BCUT2D eigenvalue weighted by molar-refractivity contribution is 5.78. The quantitative estimate of drug-likeness (QED) is 0.883. The Kier molecular flexibility index (Phi) is 5.59. The van der Waals surface area contributed by atoms with E-state index in [4.69, 9.17) is 15.2 Å². The fraction of sp³-hybridized carbons (Fsp3) is 0.562. The van der Waals surface area contributed by atoms with E-state index < -0.39 is 0 Å².